The van der Waals surface area contributed by atoms with Gasteiger partial charge in [0.1, 0.15) is 0 Å². The highest BCUT2D eigenvalue weighted by molar-refractivity contribution is 7.99. The molecule has 2 nitrogen and oxygen atoms in total. The van der Waals surface area contributed by atoms with Crippen LogP contribution >= 0.6 is 11.8 Å². The quantitative estimate of drug-likeness (QED) is 0.662. The molecule has 0 bridgehead atoms. The summed E-state index contributed by atoms with van der Waals surface area (Å²) >= 11 is 2.00. The summed E-state index contributed by atoms with van der Waals surface area (Å²) in [5, 5.41) is 12.2. The second-order valence-corrected chi connectivity index (χ2v) is 4.45. The minimum atomic E-state index is 0.244. The second-order valence-electron chi connectivity index (χ2n) is 3.37. The van der Waals surface area contributed by atoms with Gasteiger partial charge in [0.05, 0.1) is 6.61 Å². The Morgan fingerprint density at radius 3 is 2.82 bits per heavy atom. The molecule has 0 aromatic heterocycles. The van der Waals surface area contributed by atoms with Crippen LogP contribution in [-0.4, -0.2) is 35.3 Å². The maximum absolute atomic E-state index is 8.81. The van der Waals surface area contributed by atoms with E-state index in [4.69, 9.17) is 5.11 Å². The van der Waals surface area contributed by atoms with Crippen LogP contribution in [0.2, 0.25) is 0 Å². The van der Waals surface area contributed by atoms with E-state index in [0.29, 0.717) is 6.04 Å². The highest BCUT2D eigenvalue weighted by Crippen LogP contribution is 2.23. The second kappa shape index (κ2) is 4.33. The number of aliphatic hydroxyl groups is 1. The van der Waals surface area contributed by atoms with Gasteiger partial charge in [-0.05, 0) is 18.6 Å². The van der Waals surface area contributed by atoms with E-state index in [9.17, 15) is 0 Å². The van der Waals surface area contributed by atoms with Crippen LogP contribution in [0.5, 0.6) is 0 Å². The average Bonchev–Trinajstić information content (AvgIpc) is 2.37. The lowest BCUT2D eigenvalue weighted by Crippen LogP contribution is -2.41. The van der Waals surface area contributed by atoms with Crippen LogP contribution < -0.4 is 5.32 Å². The van der Waals surface area contributed by atoms with Crippen LogP contribution in [-0.2, 0) is 0 Å². The van der Waals surface area contributed by atoms with E-state index in [2.05, 4.69) is 12.2 Å². The number of thioether (sulfide) groups is 1. The van der Waals surface area contributed by atoms with Gasteiger partial charge in [0.15, 0.2) is 0 Å². The lowest BCUT2D eigenvalue weighted by Gasteiger charge is -2.20. The molecule has 1 aliphatic heterocycles. The topological polar surface area (TPSA) is 32.3 Å². The van der Waals surface area contributed by atoms with E-state index >= 15 is 0 Å². The summed E-state index contributed by atoms with van der Waals surface area (Å²) in [7, 11) is 0. The molecule has 3 heteroatoms. The normalized spacial score (nSPS) is 34.1. The van der Waals surface area contributed by atoms with Crippen LogP contribution in [0.1, 0.15) is 13.8 Å². The van der Waals surface area contributed by atoms with Gasteiger partial charge in [-0.1, -0.05) is 6.92 Å². The smallest absolute Gasteiger partial charge is 0.0582 e. The van der Waals surface area contributed by atoms with E-state index < -0.39 is 0 Å². The summed E-state index contributed by atoms with van der Waals surface area (Å²) < 4.78 is 0. The maximum Gasteiger partial charge on any atom is 0.0582 e. The van der Waals surface area contributed by atoms with Crippen molar-refractivity contribution in [2.45, 2.75) is 25.9 Å². The first-order chi connectivity index (χ1) is 5.24. The van der Waals surface area contributed by atoms with Gasteiger partial charge in [-0.25, -0.2) is 0 Å². The van der Waals surface area contributed by atoms with E-state index in [1.54, 1.807) is 0 Å². The molecule has 1 aliphatic rings. The van der Waals surface area contributed by atoms with Crippen molar-refractivity contribution in [1.82, 2.24) is 5.32 Å². The number of hydrogen-bond donors (Lipinski definition) is 2. The third-order valence-electron chi connectivity index (χ3n) is 2.14. The van der Waals surface area contributed by atoms with Gasteiger partial charge in [0, 0.05) is 17.8 Å². The molecule has 0 aromatic rings. The first kappa shape index (κ1) is 9.36. The number of rotatable bonds is 3. The SMILES string of the molecule is CC(CO)NC1CSCC1C. The molecule has 0 spiro atoms. The van der Waals surface area contributed by atoms with Gasteiger partial charge in [-0.2, -0.15) is 11.8 Å². The molecule has 1 fully saturated rings. The summed E-state index contributed by atoms with van der Waals surface area (Å²) in [5.41, 5.74) is 0. The van der Waals surface area contributed by atoms with Gasteiger partial charge in [-0.3, -0.25) is 0 Å². The van der Waals surface area contributed by atoms with Crippen molar-refractivity contribution < 1.29 is 5.11 Å². The van der Waals surface area contributed by atoms with Crippen LogP contribution in [0.15, 0.2) is 0 Å². The molecule has 1 heterocycles. The van der Waals surface area contributed by atoms with Gasteiger partial charge in [-0.15, -0.1) is 0 Å². The van der Waals surface area contributed by atoms with Crippen LogP contribution in [0.3, 0.4) is 0 Å². The van der Waals surface area contributed by atoms with E-state index in [0.717, 1.165) is 5.92 Å². The summed E-state index contributed by atoms with van der Waals surface area (Å²) in [6.45, 7) is 4.53. The van der Waals surface area contributed by atoms with Crippen molar-refractivity contribution >= 4 is 11.8 Å². The van der Waals surface area contributed by atoms with Crippen molar-refractivity contribution in [2.24, 2.45) is 5.92 Å². The standard InChI is InChI=1S/C8H17NOS/c1-6-4-11-5-8(6)9-7(2)3-10/h6-10H,3-5H2,1-2H3. The monoisotopic (exact) mass is 175 g/mol. The number of hydrogen-bond acceptors (Lipinski definition) is 3. The third kappa shape index (κ3) is 2.65. The van der Waals surface area contributed by atoms with E-state index in [-0.39, 0.29) is 12.6 Å². The summed E-state index contributed by atoms with van der Waals surface area (Å²) in [5.74, 6) is 3.22. The molecule has 0 radical (unpaired) electrons. The van der Waals surface area contributed by atoms with Crippen molar-refractivity contribution in [2.75, 3.05) is 18.1 Å². The Kier molecular flexibility index (Phi) is 3.69. The number of aliphatic hydroxyl groups excluding tert-OH is 1. The zero-order valence-corrected chi connectivity index (χ0v) is 8.03. The maximum atomic E-state index is 8.81. The summed E-state index contributed by atoms with van der Waals surface area (Å²) in [6.07, 6.45) is 0. The molecule has 1 rings (SSSR count). The predicted molar refractivity (Wildman–Crippen MR) is 50.0 cm³/mol. The molecular formula is C8H17NOS. The Morgan fingerprint density at radius 1 is 1.64 bits per heavy atom. The Labute approximate surface area is 72.8 Å². The first-order valence-corrected chi connectivity index (χ1v) is 5.34. The van der Waals surface area contributed by atoms with Gasteiger partial charge >= 0.3 is 0 Å². The minimum absolute atomic E-state index is 0.244. The molecule has 3 atom stereocenters. The summed E-state index contributed by atoms with van der Waals surface area (Å²) in [6, 6.07) is 0.864. The highest BCUT2D eigenvalue weighted by atomic mass is 32.2. The zero-order valence-electron chi connectivity index (χ0n) is 7.21. The fourth-order valence-electron chi connectivity index (χ4n) is 1.29. The molecule has 0 aromatic carbocycles. The first-order valence-electron chi connectivity index (χ1n) is 4.18. The molecule has 66 valence electrons. The molecule has 0 amide bonds. The number of nitrogens with one attached hydrogen (secondary N) is 1. The molecule has 2 N–H and O–H groups in total. The largest absolute Gasteiger partial charge is 0.395 e. The average molecular weight is 175 g/mol. The molecule has 1 saturated heterocycles. The van der Waals surface area contributed by atoms with Gasteiger partial charge < -0.3 is 10.4 Å². The minimum Gasteiger partial charge on any atom is -0.395 e. The van der Waals surface area contributed by atoms with E-state index in [1.807, 2.05) is 18.7 Å². The Bertz CT molecular complexity index is 121. The van der Waals surface area contributed by atoms with Crippen molar-refractivity contribution in [3.05, 3.63) is 0 Å². The Hall–Kier alpha value is 0.270. The lowest BCUT2D eigenvalue weighted by atomic mass is 10.1. The molecule has 11 heavy (non-hydrogen) atoms. The van der Waals surface area contributed by atoms with Crippen molar-refractivity contribution in [1.29, 1.82) is 0 Å². The van der Waals surface area contributed by atoms with Crippen molar-refractivity contribution in [3.63, 3.8) is 0 Å². The molecular weight excluding hydrogens is 158 g/mol. The molecule has 0 aliphatic carbocycles. The zero-order chi connectivity index (χ0) is 8.27. The van der Waals surface area contributed by atoms with Gasteiger partial charge in [0.2, 0.25) is 0 Å². The Balaban J connectivity index is 2.24. The predicted octanol–water partition coefficient (Wildman–Crippen LogP) is 0.708. The van der Waals surface area contributed by atoms with Crippen molar-refractivity contribution in [3.8, 4) is 0 Å². The lowest BCUT2D eigenvalue weighted by molar-refractivity contribution is 0.236. The fourth-order valence-corrected chi connectivity index (χ4v) is 2.71. The van der Waals surface area contributed by atoms with Crippen LogP contribution in [0, 0.1) is 5.92 Å². The third-order valence-corrected chi connectivity index (χ3v) is 3.49. The highest BCUT2D eigenvalue weighted by Gasteiger charge is 2.24. The van der Waals surface area contributed by atoms with Crippen LogP contribution in [0.25, 0.3) is 0 Å². The van der Waals surface area contributed by atoms with E-state index in [1.165, 1.54) is 11.5 Å². The van der Waals surface area contributed by atoms with Crippen LogP contribution in [0.4, 0.5) is 0 Å². The molecule has 3 unspecified atom stereocenters. The fraction of sp³-hybridized carbons (Fsp3) is 1.00. The Morgan fingerprint density at radius 2 is 2.36 bits per heavy atom. The summed E-state index contributed by atoms with van der Waals surface area (Å²) in [4.78, 5) is 0. The molecule has 0 saturated carbocycles. The van der Waals surface area contributed by atoms with Gasteiger partial charge in [0.25, 0.3) is 0 Å².